The summed E-state index contributed by atoms with van der Waals surface area (Å²) in [5.41, 5.74) is -2.09. The lowest BCUT2D eigenvalue weighted by atomic mass is 9.62. The van der Waals surface area contributed by atoms with E-state index in [9.17, 15) is 19.5 Å². The number of aliphatic hydroxyl groups is 1. The smallest absolute Gasteiger partial charge is 0.312 e. The second-order valence-corrected chi connectivity index (χ2v) is 12.0. The number of carbonyl (C=O) groups excluding carboxylic acids is 3. The van der Waals surface area contributed by atoms with E-state index in [1.165, 1.54) is 0 Å². The molecule has 3 fully saturated rings. The molecule has 214 valence electrons. The number of fused-ring (bicyclic) bond motifs is 1. The van der Waals surface area contributed by atoms with E-state index in [0.717, 1.165) is 19.3 Å². The van der Waals surface area contributed by atoms with Crippen molar-refractivity contribution in [1.82, 2.24) is 9.80 Å². The van der Waals surface area contributed by atoms with Gasteiger partial charge >= 0.3 is 5.97 Å². The number of aliphatic hydroxyl groups excluding tert-OH is 1. The van der Waals surface area contributed by atoms with E-state index in [4.69, 9.17) is 9.47 Å². The Morgan fingerprint density at radius 2 is 1.97 bits per heavy atom. The zero-order chi connectivity index (χ0) is 28.4. The molecule has 8 atom stereocenters. The summed E-state index contributed by atoms with van der Waals surface area (Å²) in [5.74, 6) is -2.81. The molecule has 0 radical (unpaired) electrons. The highest BCUT2D eigenvalue weighted by Crippen LogP contribution is 2.65. The molecule has 1 spiro atoms. The van der Waals surface area contributed by atoms with Gasteiger partial charge in [0, 0.05) is 12.6 Å². The second-order valence-electron chi connectivity index (χ2n) is 12.0. The molecular formula is C30H48N2O6. The zero-order valence-electron chi connectivity index (χ0n) is 24.2. The van der Waals surface area contributed by atoms with Crippen LogP contribution in [0.25, 0.3) is 0 Å². The largest absolute Gasteiger partial charge is 0.465 e. The fourth-order valence-electron chi connectivity index (χ4n) is 7.14. The maximum absolute atomic E-state index is 14.5. The number of likely N-dealkylation sites (tertiary alicyclic amines) is 1. The van der Waals surface area contributed by atoms with E-state index in [0.29, 0.717) is 19.4 Å². The first kappa shape index (κ1) is 30.4. The molecule has 2 amide bonds. The summed E-state index contributed by atoms with van der Waals surface area (Å²) in [5, 5.41) is 10.4. The number of unbranched alkanes of at least 4 members (excludes halogenated alkanes) is 1. The van der Waals surface area contributed by atoms with Crippen LogP contribution in [0.15, 0.2) is 25.3 Å². The Hall–Kier alpha value is -2.19. The number of ether oxygens (including phenoxy) is 2. The van der Waals surface area contributed by atoms with Gasteiger partial charge in [-0.1, -0.05) is 46.3 Å². The van der Waals surface area contributed by atoms with Crippen LogP contribution < -0.4 is 0 Å². The van der Waals surface area contributed by atoms with E-state index in [1.54, 1.807) is 22.0 Å². The Labute approximate surface area is 228 Å². The van der Waals surface area contributed by atoms with Crippen LogP contribution in [0.1, 0.15) is 73.6 Å². The molecule has 0 saturated carbocycles. The van der Waals surface area contributed by atoms with Gasteiger partial charge in [-0.3, -0.25) is 14.4 Å². The van der Waals surface area contributed by atoms with Crippen molar-refractivity contribution in [1.29, 1.82) is 0 Å². The van der Waals surface area contributed by atoms with Crippen LogP contribution in [0.4, 0.5) is 0 Å². The fraction of sp³-hybridized carbons (Fsp3) is 0.767. The van der Waals surface area contributed by atoms with E-state index in [-0.39, 0.29) is 42.9 Å². The van der Waals surface area contributed by atoms with Crippen LogP contribution in [0.3, 0.4) is 0 Å². The van der Waals surface area contributed by atoms with E-state index < -0.39 is 41.1 Å². The Balaban J connectivity index is 2.12. The van der Waals surface area contributed by atoms with Crippen molar-refractivity contribution in [3.05, 3.63) is 25.3 Å². The minimum atomic E-state index is -1.17. The van der Waals surface area contributed by atoms with Crippen molar-refractivity contribution in [3.8, 4) is 0 Å². The van der Waals surface area contributed by atoms with Gasteiger partial charge in [-0.25, -0.2) is 0 Å². The highest BCUT2D eigenvalue weighted by molar-refractivity contribution is 5.99. The molecule has 8 nitrogen and oxygen atoms in total. The fourth-order valence-corrected chi connectivity index (χ4v) is 7.14. The normalized spacial score (nSPS) is 33.3. The van der Waals surface area contributed by atoms with E-state index in [1.807, 2.05) is 34.6 Å². The van der Waals surface area contributed by atoms with Crippen molar-refractivity contribution in [3.63, 3.8) is 0 Å². The maximum atomic E-state index is 14.5. The first-order chi connectivity index (χ1) is 18.0. The lowest BCUT2D eigenvalue weighted by Gasteiger charge is -2.42. The first-order valence-corrected chi connectivity index (χ1v) is 14.3. The lowest BCUT2D eigenvalue weighted by molar-refractivity contribution is -0.164. The Morgan fingerprint density at radius 1 is 1.29 bits per heavy atom. The molecule has 0 aromatic carbocycles. The summed E-state index contributed by atoms with van der Waals surface area (Å²) in [7, 11) is 0. The van der Waals surface area contributed by atoms with Gasteiger partial charge in [0.25, 0.3) is 0 Å². The number of hydrogen-bond acceptors (Lipinski definition) is 6. The molecular weight excluding hydrogens is 484 g/mol. The van der Waals surface area contributed by atoms with Crippen LogP contribution in [0.2, 0.25) is 0 Å². The molecule has 3 aliphatic rings. The standard InChI is InChI=1S/C30H48N2O6/c1-9-12-13-16-37-28(36)24-23-26(34)32(22(18-33)19(4)5)25(30(23)17-20(6)29(24,8)38-30)27(35)31(15-11-3)21(7)14-10-2/h9,11,19-25,33H,1,3,10,12-18H2,2,4-8H3/t20?,21?,22-,23-,24-,25?,29+,30?/m0/s1. The predicted octanol–water partition coefficient (Wildman–Crippen LogP) is 3.73. The van der Waals surface area contributed by atoms with Crippen molar-refractivity contribution in [2.24, 2.45) is 23.7 Å². The summed E-state index contributed by atoms with van der Waals surface area (Å²) in [4.78, 5) is 45.7. The number of esters is 1. The van der Waals surface area contributed by atoms with Gasteiger partial charge in [0.15, 0.2) is 0 Å². The number of carbonyl (C=O) groups is 3. The Kier molecular flexibility index (Phi) is 9.51. The number of amides is 2. The average molecular weight is 533 g/mol. The first-order valence-electron chi connectivity index (χ1n) is 14.3. The lowest BCUT2D eigenvalue weighted by Crippen LogP contribution is -2.60. The maximum Gasteiger partial charge on any atom is 0.312 e. The van der Waals surface area contributed by atoms with Gasteiger partial charge in [-0.2, -0.15) is 0 Å². The van der Waals surface area contributed by atoms with Crippen molar-refractivity contribution < 1.29 is 29.0 Å². The van der Waals surface area contributed by atoms with Gasteiger partial charge in [-0.15, -0.1) is 13.2 Å². The molecule has 3 saturated heterocycles. The summed E-state index contributed by atoms with van der Waals surface area (Å²) >= 11 is 0. The quantitative estimate of drug-likeness (QED) is 0.208. The third-order valence-corrected chi connectivity index (χ3v) is 9.20. The van der Waals surface area contributed by atoms with Crippen LogP contribution in [-0.4, -0.2) is 81.8 Å². The predicted molar refractivity (Wildman–Crippen MR) is 146 cm³/mol. The van der Waals surface area contributed by atoms with Crippen LogP contribution >= 0.6 is 0 Å². The number of rotatable bonds is 14. The van der Waals surface area contributed by atoms with Crippen LogP contribution in [0.5, 0.6) is 0 Å². The molecule has 2 bridgehead atoms. The number of nitrogens with zero attached hydrogens (tertiary/aromatic N) is 2. The summed E-state index contributed by atoms with van der Waals surface area (Å²) < 4.78 is 12.5. The molecule has 0 aromatic heterocycles. The highest BCUT2D eigenvalue weighted by Gasteiger charge is 2.81. The third kappa shape index (κ3) is 4.83. The molecule has 0 aromatic rings. The van der Waals surface area contributed by atoms with E-state index in [2.05, 4.69) is 20.1 Å². The van der Waals surface area contributed by atoms with Crippen molar-refractivity contribution >= 4 is 17.8 Å². The molecule has 1 N–H and O–H groups in total. The topological polar surface area (TPSA) is 96.4 Å². The summed E-state index contributed by atoms with van der Waals surface area (Å²) in [6.45, 7) is 19.7. The molecule has 4 unspecified atom stereocenters. The van der Waals surface area contributed by atoms with Crippen molar-refractivity contribution in [2.45, 2.75) is 103 Å². The van der Waals surface area contributed by atoms with Crippen LogP contribution in [-0.2, 0) is 23.9 Å². The third-order valence-electron chi connectivity index (χ3n) is 9.20. The van der Waals surface area contributed by atoms with Gasteiger partial charge in [0.1, 0.15) is 17.6 Å². The van der Waals surface area contributed by atoms with Crippen LogP contribution in [0, 0.1) is 23.7 Å². The molecule has 3 aliphatic heterocycles. The highest BCUT2D eigenvalue weighted by atomic mass is 16.6. The molecule has 3 heterocycles. The van der Waals surface area contributed by atoms with Gasteiger partial charge in [0.2, 0.25) is 11.8 Å². The van der Waals surface area contributed by atoms with E-state index >= 15 is 0 Å². The minimum Gasteiger partial charge on any atom is -0.465 e. The van der Waals surface area contributed by atoms with Gasteiger partial charge in [0.05, 0.1) is 30.8 Å². The Bertz CT molecular complexity index is 920. The second kappa shape index (κ2) is 11.9. The summed E-state index contributed by atoms with van der Waals surface area (Å²) in [6, 6.07) is -1.60. The van der Waals surface area contributed by atoms with Gasteiger partial charge in [-0.05, 0) is 51.4 Å². The van der Waals surface area contributed by atoms with Crippen molar-refractivity contribution in [2.75, 3.05) is 19.8 Å². The molecule has 8 heteroatoms. The zero-order valence-corrected chi connectivity index (χ0v) is 24.2. The molecule has 3 rings (SSSR count). The minimum absolute atomic E-state index is 0.0678. The average Bonchev–Trinajstić information content (AvgIpc) is 3.37. The van der Waals surface area contributed by atoms with Gasteiger partial charge < -0.3 is 24.4 Å². The monoisotopic (exact) mass is 532 g/mol. The Morgan fingerprint density at radius 3 is 2.53 bits per heavy atom. The summed E-state index contributed by atoms with van der Waals surface area (Å²) in [6.07, 6.45) is 7.04. The SMILES string of the molecule is C=CCCCOC(=O)[C@@H]1[C@H]2C(=O)N([C@@H](CO)C(C)C)C(C(=O)N(CC=C)C(C)CCC)C23CC(C)[C@@]1(C)O3. The molecule has 38 heavy (non-hydrogen) atoms. The molecule has 0 aliphatic carbocycles. The number of allylic oxidation sites excluding steroid dienone is 1. The number of hydrogen-bond donors (Lipinski definition) is 1.